The Labute approximate surface area is 170 Å². The van der Waals surface area contributed by atoms with Gasteiger partial charge in [0.2, 0.25) is 0 Å². The molecule has 3 rings (SSSR count). The van der Waals surface area contributed by atoms with Gasteiger partial charge in [0, 0.05) is 34.1 Å². The van der Waals surface area contributed by atoms with Crippen molar-refractivity contribution in [2.24, 2.45) is 0 Å². The van der Waals surface area contributed by atoms with Crippen molar-refractivity contribution in [2.75, 3.05) is 6.26 Å². The van der Waals surface area contributed by atoms with Crippen molar-refractivity contribution in [1.82, 2.24) is 4.98 Å². The average Bonchev–Trinajstić information content (AvgIpc) is 2.70. The summed E-state index contributed by atoms with van der Waals surface area (Å²) < 4.78 is 5.22. The summed E-state index contributed by atoms with van der Waals surface area (Å²) in [5, 5.41) is 11.8. The number of hydrogen-bond acceptors (Lipinski definition) is 6. The van der Waals surface area contributed by atoms with Crippen LogP contribution in [-0.4, -0.2) is 22.1 Å². The number of esters is 1. The molecule has 2 aromatic carbocycles. The van der Waals surface area contributed by atoms with Gasteiger partial charge in [0.25, 0.3) is 5.69 Å². The van der Waals surface area contributed by atoms with Crippen LogP contribution in [0.5, 0.6) is 0 Å². The molecule has 0 bridgehead atoms. The second-order valence-corrected chi connectivity index (χ2v) is 7.02. The van der Waals surface area contributed by atoms with Crippen LogP contribution < -0.4 is 0 Å². The number of thioether (sulfide) groups is 1. The molecule has 0 saturated carbocycles. The quantitative estimate of drug-likeness (QED) is 0.136. The number of aromatic nitrogens is 1. The fourth-order valence-electron chi connectivity index (χ4n) is 2.46. The highest BCUT2D eigenvalue weighted by atomic mass is 35.5. The lowest BCUT2D eigenvalue weighted by Gasteiger charge is -2.07. The number of halogens is 1. The third kappa shape index (κ3) is 4.88. The number of nitro groups is 1. The molecule has 0 radical (unpaired) electrons. The van der Waals surface area contributed by atoms with Crippen molar-refractivity contribution in [3.05, 3.63) is 81.0 Å². The molecule has 0 aliphatic heterocycles. The molecule has 0 N–H and O–H groups in total. The van der Waals surface area contributed by atoms with Gasteiger partial charge in [-0.05, 0) is 48.2 Å². The van der Waals surface area contributed by atoms with Crippen LogP contribution in [0.1, 0.15) is 11.1 Å². The molecule has 0 atom stereocenters. The van der Waals surface area contributed by atoms with Crippen molar-refractivity contribution in [1.29, 1.82) is 0 Å². The van der Waals surface area contributed by atoms with Crippen LogP contribution in [0.25, 0.3) is 17.0 Å². The fraction of sp³-hybridized carbons (Fsp3) is 0.100. The minimum atomic E-state index is -0.549. The summed E-state index contributed by atoms with van der Waals surface area (Å²) in [5.41, 5.74) is 2.04. The molecule has 1 aromatic heterocycles. The summed E-state index contributed by atoms with van der Waals surface area (Å²) in [7, 11) is 0. The zero-order valence-corrected chi connectivity index (χ0v) is 16.4. The molecule has 0 unspecified atom stereocenters. The Kier molecular flexibility index (Phi) is 6.28. The summed E-state index contributed by atoms with van der Waals surface area (Å²) in [5.74, 6) is -0.549. The van der Waals surface area contributed by atoms with E-state index in [4.69, 9.17) is 16.3 Å². The standard InChI is InChI=1S/C20H15ClN2O4S/c1-28-17-8-5-14-10-15(20(21)22-18(14)11-17)12-27-19(24)9-4-13-2-6-16(7-3-13)23(25)26/h2-11H,12H2,1H3/b9-4+. The second kappa shape index (κ2) is 8.86. The highest BCUT2D eigenvalue weighted by Crippen LogP contribution is 2.25. The van der Waals surface area contributed by atoms with E-state index >= 15 is 0 Å². The smallest absolute Gasteiger partial charge is 0.331 e. The first-order chi connectivity index (χ1) is 13.5. The molecule has 0 saturated heterocycles. The third-order valence-corrected chi connectivity index (χ3v) is 4.99. The highest BCUT2D eigenvalue weighted by Gasteiger charge is 2.08. The molecule has 0 amide bonds. The first-order valence-electron chi connectivity index (χ1n) is 8.19. The van der Waals surface area contributed by atoms with E-state index in [1.54, 1.807) is 23.9 Å². The zero-order chi connectivity index (χ0) is 20.1. The number of pyridine rings is 1. The predicted molar refractivity (Wildman–Crippen MR) is 110 cm³/mol. The molecule has 0 fully saturated rings. The number of nitro benzene ring substituents is 1. The van der Waals surface area contributed by atoms with E-state index in [2.05, 4.69) is 4.98 Å². The number of rotatable bonds is 6. The zero-order valence-electron chi connectivity index (χ0n) is 14.8. The van der Waals surface area contributed by atoms with Crippen molar-refractivity contribution < 1.29 is 14.5 Å². The van der Waals surface area contributed by atoms with E-state index < -0.39 is 10.9 Å². The monoisotopic (exact) mass is 414 g/mol. The molecular weight excluding hydrogens is 400 g/mol. The Hall–Kier alpha value is -2.90. The molecule has 0 aliphatic rings. The van der Waals surface area contributed by atoms with Gasteiger partial charge in [-0.15, -0.1) is 11.8 Å². The summed E-state index contributed by atoms with van der Waals surface area (Å²) >= 11 is 7.83. The molecule has 1 heterocycles. The van der Waals surface area contributed by atoms with Gasteiger partial charge in [-0.3, -0.25) is 10.1 Å². The molecule has 6 nitrogen and oxygen atoms in total. The molecule has 0 spiro atoms. The van der Waals surface area contributed by atoms with E-state index in [1.165, 1.54) is 24.3 Å². The van der Waals surface area contributed by atoms with Gasteiger partial charge >= 0.3 is 5.97 Å². The van der Waals surface area contributed by atoms with E-state index in [1.807, 2.05) is 30.5 Å². The van der Waals surface area contributed by atoms with Crippen molar-refractivity contribution >= 4 is 52.0 Å². The van der Waals surface area contributed by atoms with Crippen molar-refractivity contribution in [3.63, 3.8) is 0 Å². The summed E-state index contributed by atoms with van der Waals surface area (Å²) in [4.78, 5) is 27.5. The van der Waals surface area contributed by atoms with E-state index in [-0.39, 0.29) is 17.4 Å². The van der Waals surface area contributed by atoms with Crippen molar-refractivity contribution in [2.45, 2.75) is 11.5 Å². The van der Waals surface area contributed by atoms with Gasteiger partial charge in [0.15, 0.2) is 0 Å². The number of fused-ring (bicyclic) bond motifs is 1. The molecule has 142 valence electrons. The number of carbonyl (C=O) groups excluding carboxylic acids is 1. The lowest BCUT2D eigenvalue weighted by molar-refractivity contribution is -0.384. The van der Waals surface area contributed by atoms with Gasteiger partial charge in [-0.2, -0.15) is 0 Å². The SMILES string of the molecule is CSc1ccc2cc(COC(=O)/C=C/c3ccc([N+](=O)[O-])cc3)c(Cl)nc2c1. The van der Waals surface area contributed by atoms with E-state index in [9.17, 15) is 14.9 Å². The van der Waals surface area contributed by atoms with Gasteiger partial charge in [0.05, 0.1) is 10.4 Å². The number of non-ortho nitro benzene ring substituents is 1. The summed E-state index contributed by atoms with van der Waals surface area (Å²) in [6, 6.07) is 13.6. The first kappa shape index (κ1) is 19.9. The molecular formula is C20H15ClN2O4S. The molecule has 8 heteroatoms. The Morgan fingerprint density at radius 1 is 1.25 bits per heavy atom. The lowest BCUT2D eigenvalue weighted by Crippen LogP contribution is -2.02. The topological polar surface area (TPSA) is 82.3 Å². The van der Waals surface area contributed by atoms with Gasteiger partial charge in [-0.1, -0.05) is 17.7 Å². The maximum atomic E-state index is 11.9. The van der Waals surface area contributed by atoms with Gasteiger partial charge < -0.3 is 4.74 Å². The normalized spacial score (nSPS) is 11.1. The van der Waals surface area contributed by atoms with Crippen LogP contribution in [0, 0.1) is 10.1 Å². The Morgan fingerprint density at radius 2 is 2.00 bits per heavy atom. The van der Waals surface area contributed by atoms with Crippen LogP contribution in [0.3, 0.4) is 0 Å². The lowest BCUT2D eigenvalue weighted by atomic mass is 10.1. The first-order valence-corrected chi connectivity index (χ1v) is 9.79. The largest absolute Gasteiger partial charge is 0.458 e. The number of ether oxygens (including phenoxy) is 1. The van der Waals surface area contributed by atoms with Crippen LogP contribution in [0.15, 0.2) is 59.5 Å². The third-order valence-electron chi connectivity index (χ3n) is 3.94. The summed E-state index contributed by atoms with van der Waals surface area (Å²) in [6.07, 6.45) is 4.77. The number of nitrogens with zero attached hydrogens (tertiary/aromatic N) is 2. The highest BCUT2D eigenvalue weighted by molar-refractivity contribution is 7.98. The van der Waals surface area contributed by atoms with E-state index in [0.717, 1.165) is 15.8 Å². The Bertz CT molecular complexity index is 1070. The Balaban J connectivity index is 1.65. The fourth-order valence-corrected chi connectivity index (χ4v) is 3.10. The maximum Gasteiger partial charge on any atom is 0.331 e. The minimum Gasteiger partial charge on any atom is -0.458 e. The average molecular weight is 415 g/mol. The molecule has 3 aromatic rings. The molecule has 28 heavy (non-hydrogen) atoms. The number of benzene rings is 2. The van der Waals surface area contributed by atoms with Gasteiger partial charge in [0.1, 0.15) is 11.8 Å². The van der Waals surface area contributed by atoms with E-state index in [0.29, 0.717) is 11.1 Å². The minimum absolute atomic E-state index is 0.00448. The number of hydrogen-bond donors (Lipinski definition) is 0. The van der Waals surface area contributed by atoms with Crippen LogP contribution in [-0.2, 0) is 16.1 Å². The molecule has 0 aliphatic carbocycles. The van der Waals surface area contributed by atoms with Crippen LogP contribution in [0.2, 0.25) is 5.15 Å². The van der Waals surface area contributed by atoms with Crippen LogP contribution >= 0.6 is 23.4 Å². The van der Waals surface area contributed by atoms with Crippen LogP contribution in [0.4, 0.5) is 5.69 Å². The summed E-state index contributed by atoms with van der Waals surface area (Å²) in [6.45, 7) is -0.00448. The second-order valence-electron chi connectivity index (χ2n) is 5.79. The predicted octanol–water partition coefficient (Wildman–Crippen LogP) is 5.27. The maximum absolute atomic E-state index is 11.9. The van der Waals surface area contributed by atoms with Gasteiger partial charge in [-0.25, -0.2) is 9.78 Å². The van der Waals surface area contributed by atoms with Crippen molar-refractivity contribution in [3.8, 4) is 0 Å². The number of carbonyl (C=O) groups is 1. The Morgan fingerprint density at radius 3 is 2.68 bits per heavy atom.